The molecule has 1 atom stereocenters. The molecule has 0 rings (SSSR count). The summed E-state index contributed by atoms with van der Waals surface area (Å²) in [5, 5.41) is 11.7. The third-order valence-electron chi connectivity index (χ3n) is 2.91. The van der Waals surface area contributed by atoms with Gasteiger partial charge in [-0.25, -0.2) is 4.79 Å². The number of carboxylic acids is 1. The predicted octanol–water partition coefficient (Wildman–Crippen LogP) is 2.73. The van der Waals surface area contributed by atoms with E-state index >= 15 is 0 Å². The number of aliphatic carboxylic acids is 1. The van der Waals surface area contributed by atoms with Gasteiger partial charge in [0.15, 0.2) is 5.92 Å². The van der Waals surface area contributed by atoms with Crippen LogP contribution >= 0.6 is 0 Å². The summed E-state index contributed by atoms with van der Waals surface area (Å²) in [6.45, 7) is 7.85. The number of carbonyl (C=O) groups is 3. The third-order valence-corrected chi connectivity index (χ3v) is 2.91. The zero-order valence-electron chi connectivity index (χ0n) is 14.5. The van der Waals surface area contributed by atoms with E-state index in [2.05, 4.69) is 5.32 Å². The summed E-state index contributed by atoms with van der Waals surface area (Å²) in [5.74, 6) is -3.09. The highest BCUT2D eigenvalue weighted by molar-refractivity contribution is 5.94. The van der Waals surface area contributed by atoms with Crippen LogP contribution in [0.15, 0.2) is 0 Å². The molecule has 23 heavy (non-hydrogen) atoms. The van der Waals surface area contributed by atoms with Crippen molar-refractivity contribution in [2.45, 2.75) is 65.4 Å². The quantitative estimate of drug-likeness (QED) is 0.362. The number of nitrogens with one attached hydrogen (secondary N) is 1. The molecule has 0 fully saturated rings. The van der Waals surface area contributed by atoms with Gasteiger partial charge in [0.2, 0.25) is 0 Å². The largest absolute Gasteiger partial charge is 0.481 e. The normalized spacial score (nSPS) is 12.3. The topological polar surface area (TPSA) is 102 Å². The molecule has 0 bridgehead atoms. The van der Waals surface area contributed by atoms with Gasteiger partial charge in [0.25, 0.3) is 0 Å². The number of hydrogen-bond acceptors (Lipinski definition) is 5. The molecule has 0 aromatic heterocycles. The van der Waals surface area contributed by atoms with E-state index in [1.807, 2.05) is 6.92 Å². The number of ether oxygens (including phenoxy) is 2. The Morgan fingerprint density at radius 2 is 1.78 bits per heavy atom. The molecule has 7 nitrogen and oxygen atoms in total. The lowest BCUT2D eigenvalue weighted by molar-refractivity contribution is -0.167. The average Bonchev–Trinajstić information content (AvgIpc) is 2.40. The van der Waals surface area contributed by atoms with Crippen molar-refractivity contribution in [1.29, 1.82) is 0 Å². The first kappa shape index (κ1) is 21.2. The molecule has 0 saturated heterocycles. The number of carbonyl (C=O) groups excluding carboxylic acids is 2. The molecule has 1 unspecified atom stereocenters. The van der Waals surface area contributed by atoms with Gasteiger partial charge in [-0.2, -0.15) is 0 Å². The Balaban J connectivity index is 4.00. The monoisotopic (exact) mass is 331 g/mol. The number of alkyl carbamates (subject to hydrolysis) is 1. The van der Waals surface area contributed by atoms with Crippen LogP contribution in [0.4, 0.5) is 4.79 Å². The van der Waals surface area contributed by atoms with E-state index in [1.54, 1.807) is 20.8 Å². The van der Waals surface area contributed by atoms with Gasteiger partial charge < -0.3 is 19.9 Å². The lowest BCUT2D eigenvalue weighted by atomic mass is 10.0. The Labute approximate surface area is 137 Å². The van der Waals surface area contributed by atoms with E-state index in [9.17, 15) is 14.4 Å². The molecule has 0 heterocycles. The SMILES string of the molecule is CCCCOC(=O)NCCCCC(C(=O)O)C(=O)OC(C)(C)C. The highest BCUT2D eigenvalue weighted by atomic mass is 16.6. The molecule has 1 amide bonds. The van der Waals surface area contributed by atoms with Crippen molar-refractivity contribution in [3.05, 3.63) is 0 Å². The second-order valence-corrected chi connectivity index (χ2v) is 6.34. The van der Waals surface area contributed by atoms with Crippen molar-refractivity contribution < 1.29 is 29.0 Å². The minimum Gasteiger partial charge on any atom is -0.481 e. The molecule has 2 N–H and O–H groups in total. The lowest BCUT2D eigenvalue weighted by Crippen LogP contribution is -2.33. The summed E-state index contributed by atoms with van der Waals surface area (Å²) >= 11 is 0. The van der Waals surface area contributed by atoms with Crippen LogP contribution in [-0.4, -0.2) is 41.9 Å². The van der Waals surface area contributed by atoms with Crippen LogP contribution in [0.1, 0.15) is 59.8 Å². The van der Waals surface area contributed by atoms with Gasteiger partial charge in [-0.1, -0.05) is 19.8 Å². The van der Waals surface area contributed by atoms with Gasteiger partial charge in [0.1, 0.15) is 5.60 Å². The molecule has 0 aromatic rings. The van der Waals surface area contributed by atoms with Crippen molar-refractivity contribution >= 4 is 18.0 Å². The first-order chi connectivity index (χ1) is 10.7. The second-order valence-electron chi connectivity index (χ2n) is 6.34. The Hall–Kier alpha value is -1.79. The highest BCUT2D eigenvalue weighted by Gasteiger charge is 2.30. The summed E-state index contributed by atoms with van der Waals surface area (Å²) in [7, 11) is 0. The Bertz CT molecular complexity index is 389. The summed E-state index contributed by atoms with van der Waals surface area (Å²) in [6, 6.07) is 0. The van der Waals surface area contributed by atoms with Crippen LogP contribution < -0.4 is 5.32 Å². The van der Waals surface area contributed by atoms with Gasteiger partial charge in [0, 0.05) is 6.54 Å². The molecule has 0 spiro atoms. The Kier molecular flexibility index (Phi) is 10.0. The highest BCUT2D eigenvalue weighted by Crippen LogP contribution is 2.16. The van der Waals surface area contributed by atoms with Crippen molar-refractivity contribution in [1.82, 2.24) is 5.32 Å². The fourth-order valence-electron chi connectivity index (χ4n) is 1.74. The molecule has 7 heteroatoms. The van der Waals surface area contributed by atoms with E-state index in [0.29, 0.717) is 26.0 Å². The molecule has 0 aromatic carbocycles. The molecule has 134 valence electrons. The first-order valence-corrected chi connectivity index (χ1v) is 8.03. The maximum absolute atomic E-state index is 11.8. The smallest absolute Gasteiger partial charge is 0.407 e. The number of unbranched alkanes of at least 4 members (excludes halogenated alkanes) is 2. The number of amides is 1. The first-order valence-electron chi connectivity index (χ1n) is 8.03. The fourth-order valence-corrected chi connectivity index (χ4v) is 1.74. The number of rotatable bonds is 10. The zero-order valence-corrected chi connectivity index (χ0v) is 14.5. The van der Waals surface area contributed by atoms with Crippen molar-refractivity contribution in [3.63, 3.8) is 0 Å². The van der Waals surface area contributed by atoms with Crippen molar-refractivity contribution in [3.8, 4) is 0 Å². The minimum absolute atomic E-state index is 0.177. The van der Waals surface area contributed by atoms with E-state index in [-0.39, 0.29) is 6.42 Å². The van der Waals surface area contributed by atoms with Crippen LogP contribution in [0.25, 0.3) is 0 Å². The summed E-state index contributed by atoms with van der Waals surface area (Å²) < 4.78 is 10.0. The predicted molar refractivity (Wildman–Crippen MR) is 85.1 cm³/mol. The van der Waals surface area contributed by atoms with Crippen molar-refractivity contribution in [2.75, 3.05) is 13.2 Å². The van der Waals surface area contributed by atoms with Gasteiger partial charge in [-0.05, 0) is 40.0 Å². The molecular weight excluding hydrogens is 302 g/mol. The number of carboxylic acid groups (broad SMARTS) is 1. The maximum Gasteiger partial charge on any atom is 0.407 e. The van der Waals surface area contributed by atoms with Gasteiger partial charge in [-0.3, -0.25) is 9.59 Å². The minimum atomic E-state index is -1.19. The third kappa shape index (κ3) is 11.4. The van der Waals surface area contributed by atoms with Crippen LogP contribution in [0.5, 0.6) is 0 Å². The summed E-state index contributed by atoms with van der Waals surface area (Å²) in [4.78, 5) is 34.3. The molecule has 0 aliphatic carbocycles. The molecule has 0 aliphatic heterocycles. The Morgan fingerprint density at radius 3 is 2.30 bits per heavy atom. The average molecular weight is 331 g/mol. The maximum atomic E-state index is 11.8. The lowest BCUT2D eigenvalue weighted by Gasteiger charge is -2.22. The van der Waals surface area contributed by atoms with Gasteiger partial charge >= 0.3 is 18.0 Å². The zero-order chi connectivity index (χ0) is 17.9. The van der Waals surface area contributed by atoms with Crippen LogP contribution in [0, 0.1) is 5.92 Å². The number of hydrogen-bond donors (Lipinski definition) is 2. The van der Waals surface area contributed by atoms with Gasteiger partial charge in [0.05, 0.1) is 6.61 Å². The van der Waals surface area contributed by atoms with Gasteiger partial charge in [-0.15, -0.1) is 0 Å². The fraction of sp³-hybridized carbons (Fsp3) is 0.812. The summed E-state index contributed by atoms with van der Waals surface area (Å²) in [6.07, 6.45) is 2.54. The van der Waals surface area contributed by atoms with E-state index in [4.69, 9.17) is 14.6 Å². The van der Waals surface area contributed by atoms with Crippen LogP contribution in [-0.2, 0) is 19.1 Å². The molecular formula is C16H29NO6. The van der Waals surface area contributed by atoms with E-state index in [1.165, 1.54) is 0 Å². The second kappa shape index (κ2) is 10.9. The molecule has 0 saturated carbocycles. The number of esters is 1. The summed E-state index contributed by atoms with van der Waals surface area (Å²) in [5.41, 5.74) is -0.714. The van der Waals surface area contributed by atoms with E-state index in [0.717, 1.165) is 12.8 Å². The molecule has 0 radical (unpaired) electrons. The van der Waals surface area contributed by atoms with Crippen molar-refractivity contribution in [2.24, 2.45) is 5.92 Å². The van der Waals surface area contributed by atoms with Crippen LogP contribution in [0.3, 0.4) is 0 Å². The van der Waals surface area contributed by atoms with E-state index < -0.39 is 29.6 Å². The standard InChI is InChI=1S/C16H29NO6/c1-5-6-11-22-15(21)17-10-8-7-9-12(13(18)19)14(20)23-16(2,3)4/h12H,5-11H2,1-4H3,(H,17,21)(H,18,19). The van der Waals surface area contributed by atoms with Crippen LogP contribution in [0.2, 0.25) is 0 Å². The Morgan fingerprint density at radius 1 is 1.13 bits per heavy atom. The molecule has 0 aliphatic rings.